The second-order valence-electron chi connectivity index (χ2n) is 5.28. The Morgan fingerprint density at radius 1 is 1.26 bits per heavy atom. The molecule has 1 amide bonds. The predicted molar refractivity (Wildman–Crippen MR) is 91.4 cm³/mol. The van der Waals surface area contributed by atoms with Crippen molar-refractivity contribution in [1.82, 2.24) is 9.78 Å². The average Bonchev–Trinajstić information content (AvgIpc) is 2.82. The lowest BCUT2D eigenvalue weighted by molar-refractivity contribution is -0.133. The summed E-state index contributed by atoms with van der Waals surface area (Å²) in [5.74, 6) is -1.16. The van der Waals surface area contributed by atoms with Gasteiger partial charge >= 0.3 is 5.97 Å². The second-order valence-corrected chi connectivity index (χ2v) is 6.27. The molecule has 0 aliphatic rings. The number of thioether (sulfide) groups is 1. The van der Waals surface area contributed by atoms with E-state index in [1.165, 1.54) is 0 Å². The number of carboxylic acids is 1. The summed E-state index contributed by atoms with van der Waals surface area (Å²) in [5, 5.41) is 15.7. The van der Waals surface area contributed by atoms with Crippen LogP contribution in [-0.2, 0) is 9.59 Å². The summed E-state index contributed by atoms with van der Waals surface area (Å²) in [7, 11) is 0. The zero-order valence-electron chi connectivity index (χ0n) is 13.3. The van der Waals surface area contributed by atoms with Gasteiger partial charge in [0.2, 0.25) is 5.91 Å². The van der Waals surface area contributed by atoms with Crippen molar-refractivity contribution in [3.05, 3.63) is 41.2 Å². The van der Waals surface area contributed by atoms with Crippen molar-refractivity contribution in [2.75, 3.05) is 16.8 Å². The maximum Gasteiger partial charge on any atom is 0.313 e. The van der Waals surface area contributed by atoms with Crippen LogP contribution in [0.25, 0.3) is 5.69 Å². The van der Waals surface area contributed by atoms with Crippen molar-refractivity contribution < 1.29 is 14.7 Å². The van der Waals surface area contributed by atoms with Crippen LogP contribution >= 0.6 is 11.8 Å². The molecule has 1 heterocycles. The number of benzene rings is 1. The number of carbonyl (C=O) groups excluding carboxylic acids is 1. The maximum absolute atomic E-state index is 11.9. The largest absolute Gasteiger partial charge is 0.481 e. The van der Waals surface area contributed by atoms with Crippen LogP contribution < -0.4 is 5.32 Å². The van der Waals surface area contributed by atoms with Gasteiger partial charge < -0.3 is 10.4 Å². The van der Waals surface area contributed by atoms with Crippen LogP contribution in [0.3, 0.4) is 0 Å². The monoisotopic (exact) mass is 333 g/mol. The van der Waals surface area contributed by atoms with E-state index in [1.807, 2.05) is 39.0 Å². The summed E-state index contributed by atoms with van der Waals surface area (Å²) in [4.78, 5) is 22.3. The van der Waals surface area contributed by atoms with E-state index >= 15 is 0 Å². The molecule has 2 aromatic rings. The van der Waals surface area contributed by atoms with Crippen LogP contribution in [0.15, 0.2) is 24.4 Å². The molecular weight excluding hydrogens is 314 g/mol. The molecule has 2 N–H and O–H groups in total. The molecule has 0 unspecified atom stereocenters. The van der Waals surface area contributed by atoms with E-state index in [1.54, 1.807) is 10.9 Å². The molecule has 0 fully saturated rings. The number of hydrogen-bond donors (Lipinski definition) is 2. The molecular formula is C16H19N3O3S. The standard InChI is InChI=1S/C16H19N3O3S/c1-10-4-5-11(2)14(6-10)19-12(3)13(7-17-19)18-15(20)8-23-9-16(21)22/h4-7H,8-9H2,1-3H3,(H,18,20)(H,21,22). The molecule has 122 valence electrons. The first-order valence-corrected chi connectivity index (χ1v) is 8.25. The fourth-order valence-electron chi connectivity index (χ4n) is 2.14. The van der Waals surface area contributed by atoms with Gasteiger partial charge in [0.05, 0.1) is 34.8 Å². The minimum absolute atomic E-state index is 0.0891. The molecule has 2 rings (SSSR count). The molecule has 0 bridgehead atoms. The van der Waals surface area contributed by atoms with E-state index in [4.69, 9.17) is 5.11 Å². The number of nitrogens with one attached hydrogen (secondary N) is 1. The predicted octanol–water partition coefficient (Wildman–Crippen LogP) is 2.55. The van der Waals surface area contributed by atoms with Gasteiger partial charge in [0.15, 0.2) is 0 Å². The van der Waals surface area contributed by atoms with Gasteiger partial charge in [-0.3, -0.25) is 9.59 Å². The van der Waals surface area contributed by atoms with Crippen molar-refractivity contribution in [3.8, 4) is 5.69 Å². The summed E-state index contributed by atoms with van der Waals surface area (Å²) in [6, 6.07) is 6.12. The molecule has 0 aliphatic heterocycles. The molecule has 0 saturated heterocycles. The van der Waals surface area contributed by atoms with Crippen molar-refractivity contribution in [1.29, 1.82) is 0 Å². The molecule has 23 heavy (non-hydrogen) atoms. The highest BCUT2D eigenvalue weighted by molar-refractivity contribution is 8.00. The topological polar surface area (TPSA) is 84.2 Å². The van der Waals surface area contributed by atoms with E-state index in [9.17, 15) is 9.59 Å². The van der Waals surface area contributed by atoms with E-state index < -0.39 is 5.97 Å². The van der Waals surface area contributed by atoms with Crippen LogP contribution in [0.4, 0.5) is 5.69 Å². The first-order chi connectivity index (χ1) is 10.9. The lowest BCUT2D eigenvalue weighted by Gasteiger charge is -2.10. The molecule has 6 nitrogen and oxygen atoms in total. The molecule has 1 aromatic heterocycles. The highest BCUT2D eigenvalue weighted by Gasteiger charge is 2.13. The summed E-state index contributed by atoms with van der Waals surface area (Å²) in [6.45, 7) is 5.91. The summed E-state index contributed by atoms with van der Waals surface area (Å²) in [6.07, 6.45) is 1.61. The number of rotatable bonds is 6. The Kier molecular flexibility index (Phi) is 5.44. The fraction of sp³-hybridized carbons (Fsp3) is 0.312. The molecule has 1 aromatic carbocycles. The molecule has 0 aliphatic carbocycles. The summed E-state index contributed by atoms with van der Waals surface area (Å²) < 4.78 is 1.79. The Hall–Kier alpha value is -2.28. The smallest absolute Gasteiger partial charge is 0.313 e. The third kappa shape index (κ3) is 4.35. The van der Waals surface area contributed by atoms with Gasteiger partial charge in [0, 0.05) is 0 Å². The number of aryl methyl sites for hydroxylation is 2. The van der Waals surface area contributed by atoms with Crippen molar-refractivity contribution in [2.45, 2.75) is 20.8 Å². The Morgan fingerprint density at radius 2 is 2.00 bits per heavy atom. The number of aromatic nitrogens is 2. The van der Waals surface area contributed by atoms with E-state index in [0.717, 1.165) is 34.3 Å². The Labute approximate surface area is 138 Å². The van der Waals surface area contributed by atoms with Gasteiger partial charge in [-0.2, -0.15) is 5.10 Å². The first kappa shape index (κ1) is 17.1. The summed E-state index contributed by atoms with van der Waals surface area (Å²) >= 11 is 1.06. The Morgan fingerprint density at radius 3 is 2.70 bits per heavy atom. The lowest BCUT2D eigenvalue weighted by Crippen LogP contribution is -2.16. The number of aliphatic carboxylic acids is 1. The molecule has 0 atom stereocenters. The van der Waals surface area contributed by atoms with Crippen LogP contribution in [-0.4, -0.2) is 38.3 Å². The molecule has 7 heteroatoms. The van der Waals surface area contributed by atoms with Gasteiger partial charge in [-0.05, 0) is 38.0 Å². The minimum atomic E-state index is -0.929. The third-order valence-electron chi connectivity index (χ3n) is 3.34. The van der Waals surface area contributed by atoms with Crippen molar-refractivity contribution in [3.63, 3.8) is 0 Å². The summed E-state index contributed by atoms with van der Waals surface area (Å²) in [5.41, 5.74) is 4.67. The normalized spacial score (nSPS) is 10.6. The quantitative estimate of drug-likeness (QED) is 0.849. The molecule has 0 radical (unpaired) electrons. The maximum atomic E-state index is 11.9. The average molecular weight is 333 g/mol. The second kappa shape index (κ2) is 7.32. The molecule has 0 saturated carbocycles. The Bertz CT molecular complexity index is 740. The van der Waals surface area contributed by atoms with Gasteiger partial charge in [-0.25, -0.2) is 4.68 Å². The number of carboxylic acid groups (broad SMARTS) is 1. The highest BCUT2D eigenvalue weighted by atomic mass is 32.2. The SMILES string of the molecule is Cc1ccc(C)c(-n2ncc(NC(=O)CSCC(=O)O)c2C)c1. The lowest BCUT2D eigenvalue weighted by atomic mass is 10.1. The Balaban J connectivity index is 2.12. The van der Waals surface area contributed by atoms with Crippen LogP contribution in [0, 0.1) is 20.8 Å². The first-order valence-electron chi connectivity index (χ1n) is 7.10. The van der Waals surface area contributed by atoms with Crippen LogP contribution in [0.1, 0.15) is 16.8 Å². The molecule has 0 spiro atoms. The van der Waals surface area contributed by atoms with Gasteiger partial charge in [-0.15, -0.1) is 11.8 Å². The van der Waals surface area contributed by atoms with Gasteiger partial charge in [0.1, 0.15) is 0 Å². The van der Waals surface area contributed by atoms with Crippen molar-refractivity contribution >= 4 is 29.3 Å². The highest BCUT2D eigenvalue weighted by Crippen LogP contribution is 2.22. The van der Waals surface area contributed by atoms with E-state index in [-0.39, 0.29) is 17.4 Å². The third-order valence-corrected chi connectivity index (χ3v) is 4.25. The minimum Gasteiger partial charge on any atom is -0.481 e. The zero-order valence-corrected chi connectivity index (χ0v) is 14.1. The van der Waals surface area contributed by atoms with Gasteiger partial charge in [0.25, 0.3) is 0 Å². The number of nitrogens with zero attached hydrogens (tertiary/aromatic N) is 2. The number of anilines is 1. The number of hydrogen-bond acceptors (Lipinski definition) is 4. The number of amides is 1. The van der Waals surface area contributed by atoms with Crippen molar-refractivity contribution in [2.24, 2.45) is 0 Å². The zero-order chi connectivity index (χ0) is 17.0. The van der Waals surface area contributed by atoms with Crippen LogP contribution in [0.2, 0.25) is 0 Å². The fourth-order valence-corrected chi connectivity index (χ4v) is 2.67. The van der Waals surface area contributed by atoms with E-state index in [0.29, 0.717) is 5.69 Å². The van der Waals surface area contributed by atoms with Gasteiger partial charge in [-0.1, -0.05) is 12.1 Å². The van der Waals surface area contributed by atoms with Crippen LogP contribution in [0.5, 0.6) is 0 Å². The number of carbonyl (C=O) groups is 2. The van der Waals surface area contributed by atoms with E-state index in [2.05, 4.69) is 10.4 Å².